The minimum atomic E-state index is -0.0821. The van der Waals surface area contributed by atoms with Crippen LogP contribution in [0.1, 0.15) is 99.9 Å². The van der Waals surface area contributed by atoms with Crippen molar-refractivity contribution < 1.29 is 4.42 Å². The molecule has 8 heterocycles. The lowest BCUT2D eigenvalue weighted by molar-refractivity contribution is 0.602. The molecule has 676 valence electrons. The SMILES string of the molecule is CC1(C)c2ccccc2-c2c1ccc1c2c2ccccc2n1-c1cccc2c1ncn2-c1ccccc1.CC1(C)c2ccccc2-c2c1ccc1c3ccccc3n(-c3cccc4c3ncn4-c3ccccc3)c21.CC1(C)c2ccccc2-c2cc3c4ccccc4n(-c4ccc5ocnc5c4)c3cc21.CC1(C)c2ccccc2-c2ccc3c(c21)c1ccccc1n3-c1cccc2c1ncn2-c1ccccc1. The van der Waals surface area contributed by atoms with E-state index >= 15 is 0 Å². The maximum atomic E-state index is 5.47. The van der Waals surface area contributed by atoms with Crippen LogP contribution in [0.5, 0.6) is 0 Å². The molecule has 142 heavy (non-hydrogen) atoms. The highest BCUT2D eigenvalue weighted by molar-refractivity contribution is 6.21. The van der Waals surface area contributed by atoms with E-state index in [0.29, 0.717) is 0 Å². The molecule has 4 aliphatic carbocycles. The second kappa shape index (κ2) is 30.9. The van der Waals surface area contributed by atoms with Crippen molar-refractivity contribution in [2.75, 3.05) is 0 Å². The fourth-order valence-corrected chi connectivity index (χ4v) is 25.0. The Labute approximate surface area is 819 Å². The first-order chi connectivity index (χ1) is 69.6. The predicted molar refractivity (Wildman–Crippen MR) is 585 cm³/mol. The fourth-order valence-electron chi connectivity index (χ4n) is 25.0. The van der Waals surface area contributed by atoms with Gasteiger partial charge in [-0.2, -0.15) is 0 Å². The van der Waals surface area contributed by atoms with Gasteiger partial charge in [-0.25, -0.2) is 19.9 Å². The topological polar surface area (TPSA) is 99.2 Å². The quantitative estimate of drug-likeness (QED) is 0.158. The number of hydrogen-bond donors (Lipinski definition) is 0. The zero-order chi connectivity index (χ0) is 94.9. The van der Waals surface area contributed by atoms with E-state index in [9.17, 15) is 0 Å². The second-order valence-corrected chi connectivity index (χ2v) is 40.4. The van der Waals surface area contributed by atoms with Gasteiger partial charge in [0, 0.05) is 93.1 Å². The van der Waals surface area contributed by atoms with Crippen LogP contribution >= 0.6 is 0 Å². The number of aromatic nitrogens is 11. The molecule has 12 heteroatoms. The normalized spacial score (nSPS) is 14.0. The van der Waals surface area contributed by atoms with E-state index < -0.39 is 0 Å². The van der Waals surface area contributed by atoms with Crippen molar-refractivity contribution in [2.45, 2.75) is 77.0 Å². The summed E-state index contributed by atoms with van der Waals surface area (Å²) in [7, 11) is 0. The molecule has 12 nitrogen and oxygen atoms in total. The smallest absolute Gasteiger partial charge is 0.181 e. The van der Waals surface area contributed by atoms with Crippen LogP contribution in [-0.2, 0) is 21.7 Å². The lowest BCUT2D eigenvalue weighted by Gasteiger charge is -2.22. The first kappa shape index (κ1) is 82.5. The molecule has 0 saturated heterocycles. The Morgan fingerprint density at radius 1 is 0.218 bits per heavy atom. The Hall–Kier alpha value is -17.7. The van der Waals surface area contributed by atoms with Gasteiger partial charge in [-0.1, -0.05) is 322 Å². The average molecular weight is 1830 g/mol. The van der Waals surface area contributed by atoms with Crippen molar-refractivity contribution in [3.05, 3.63) is 476 Å². The van der Waals surface area contributed by atoms with Crippen LogP contribution in [0.3, 0.4) is 0 Å². The molecular formula is C130H95N11O. The molecule has 0 saturated carbocycles. The van der Waals surface area contributed by atoms with Gasteiger partial charge in [-0.05, 0) is 223 Å². The zero-order valence-electron chi connectivity index (χ0n) is 79.8. The van der Waals surface area contributed by atoms with Crippen molar-refractivity contribution in [2.24, 2.45) is 0 Å². The van der Waals surface area contributed by atoms with Crippen LogP contribution in [0.15, 0.2) is 436 Å². The standard InChI is InChI=1S/3C34H25N3.C28H20N2O/c1-34(2)26-15-8-6-14-25(26)31-27(34)20-19-24-23-13-7-9-16-28(23)37(33(24)31)30-18-10-17-29-32(30)35-21-36(29)22-11-4-3-5-12-22;1-34(2)26-15-8-6-13-23(26)24-19-20-28-31(32(24)34)25-14-7-9-16-27(25)37(28)30-18-10-17-29-33(30)35-21-36(29)22-11-4-3-5-12-22;1-34(2)25-15-8-6-13-23(25)31-26(34)19-20-28-32(31)24-14-7-9-16-27(24)37(28)30-18-10-17-29-33(30)35-21-36(29)22-11-4-3-5-12-22;1-28(2)22-9-5-3-7-18(22)20-14-21-19-8-4-6-10-25(19)30(26(21)15-23(20)28)17-11-12-27-24(13-17)29-16-31-27/h3*3-21H,1-2H3;3-16H,1-2H3. The molecule has 8 aromatic heterocycles. The van der Waals surface area contributed by atoms with Gasteiger partial charge in [0.2, 0.25) is 0 Å². The molecule has 4 aliphatic rings. The highest BCUT2D eigenvalue weighted by atomic mass is 16.3. The number of rotatable bonds is 7. The van der Waals surface area contributed by atoms with Gasteiger partial charge >= 0.3 is 0 Å². The highest BCUT2D eigenvalue weighted by Gasteiger charge is 2.43. The maximum Gasteiger partial charge on any atom is 0.181 e. The Kier molecular flexibility index (Phi) is 17.9. The Morgan fingerprint density at radius 3 is 1.15 bits per heavy atom. The molecule has 0 bridgehead atoms. The molecule has 0 fully saturated rings. The van der Waals surface area contributed by atoms with E-state index in [4.69, 9.17) is 19.4 Å². The van der Waals surface area contributed by atoms with Crippen molar-refractivity contribution in [3.8, 4) is 84.3 Å². The lowest BCUT2D eigenvalue weighted by Crippen LogP contribution is -2.15. The van der Waals surface area contributed by atoms with Gasteiger partial charge in [0.05, 0.1) is 77.7 Å². The van der Waals surface area contributed by atoms with Crippen LogP contribution in [0, 0.1) is 0 Å². The maximum absolute atomic E-state index is 5.47. The molecule has 0 radical (unpaired) electrons. The summed E-state index contributed by atoms with van der Waals surface area (Å²) in [5.74, 6) is 0. The number of fused-ring (bicyclic) bond motifs is 31. The summed E-state index contributed by atoms with van der Waals surface area (Å²) in [6.45, 7) is 18.8. The first-order valence-corrected chi connectivity index (χ1v) is 49.1. The Bertz CT molecular complexity index is 9940. The first-order valence-electron chi connectivity index (χ1n) is 49.1. The molecule has 0 atom stereocenters. The van der Waals surface area contributed by atoms with Gasteiger partial charge in [-0.15, -0.1) is 0 Å². The average Bonchev–Trinajstić information content (AvgIpc) is 1.54. The van der Waals surface area contributed by atoms with Crippen molar-refractivity contribution >= 4 is 131 Å². The van der Waals surface area contributed by atoms with Gasteiger partial charge < -0.3 is 22.7 Å². The summed E-state index contributed by atoms with van der Waals surface area (Å²) in [5.41, 5.74) is 47.2. The number of imidazole rings is 3. The summed E-state index contributed by atoms with van der Waals surface area (Å²) in [4.78, 5) is 19.2. The third-order valence-corrected chi connectivity index (χ3v) is 31.6. The largest absolute Gasteiger partial charge is 0.443 e. The van der Waals surface area contributed by atoms with E-state index in [0.717, 1.165) is 84.0 Å². The minimum Gasteiger partial charge on any atom is -0.443 e. The van der Waals surface area contributed by atoms with E-state index in [-0.39, 0.29) is 21.7 Å². The Morgan fingerprint density at radius 2 is 0.613 bits per heavy atom. The third kappa shape index (κ3) is 11.9. The van der Waals surface area contributed by atoms with E-state index in [1.54, 1.807) is 0 Å². The molecule has 31 rings (SSSR count). The van der Waals surface area contributed by atoms with Crippen molar-refractivity contribution in [3.63, 3.8) is 0 Å². The molecular weight excluding hydrogens is 1730 g/mol. The van der Waals surface area contributed by atoms with Crippen LogP contribution in [0.25, 0.3) is 216 Å². The van der Waals surface area contributed by atoms with Gasteiger partial charge in [-0.3, -0.25) is 13.7 Å². The third-order valence-electron chi connectivity index (χ3n) is 31.6. The molecule has 19 aromatic carbocycles. The molecule has 0 spiro atoms. The molecule has 0 N–H and O–H groups in total. The van der Waals surface area contributed by atoms with Crippen LogP contribution in [0.2, 0.25) is 0 Å². The summed E-state index contributed by atoms with van der Waals surface area (Å²) < 4.78 is 21.6. The van der Waals surface area contributed by atoms with Gasteiger partial charge in [0.1, 0.15) is 41.0 Å². The summed E-state index contributed by atoms with van der Waals surface area (Å²) in [6.07, 6.45) is 7.33. The molecule has 0 aliphatic heterocycles. The van der Waals surface area contributed by atoms with Gasteiger partial charge in [0.15, 0.2) is 12.0 Å². The number of nitrogens with zero attached hydrogens (tertiary/aromatic N) is 11. The van der Waals surface area contributed by atoms with Crippen molar-refractivity contribution in [1.29, 1.82) is 0 Å². The van der Waals surface area contributed by atoms with E-state index in [1.165, 1.54) is 183 Å². The molecule has 0 unspecified atom stereocenters. The number of para-hydroxylation sites is 10. The monoisotopic (exact) mass is 1830 g/mol. The summed E-state index contributed by atoms with van der Waals surface area (Å²) in [6, 6.07) is 146. The highest BCUT2D eigenvalue weighted by Crippen LogP contribution is 2.59. The van der Waals surface area contributed by atoms with Crippen LogP contribution < -0.4 is 0 Å². The predicted octanol–water partition coefficient (Wildman–Crippen LogP) is 32.5. The molecule has 27 aromatic rings. The van der Waals surface area contributed by atoms with Gasteiger partial charge in [0.25, 0.3) is 0 Å². The summed E-state index contributed by atoms with van der Waals surface area (Å²) in [5, 5.41) is 10.3. The van der Waals surface area contributed by atoms with Crippen molar-refractivity contribution in [1.82, 2.24) is 51.9 Å². The van der Waals surface area contributed by atoms with Crippen LogP contribution in [0.4, 0.5) is 0 Å². The zero-order valence-corrected chi connectivity index (χ0v) is 79.8. The Balaban J connectivity index is 0.0000000927. The molecule has 0 amide bonds. The van der Waals surface area contributed by atoms with E-state index in [1.807, 2.05) is 43.2 Å². The van der Waals surface area contributed by atoms with Crippen LogP contribution in [-0.4, -0.2) is 51.9 Å². The summed E-state index contributed by atoms with van der Waals surface area (Å²) >= 11 is 0. The minimum absolute atomic E-state index is 0.0300. The lowest BCUT2D eigenvalue weighted by atomic mass is 9.80. The van der Waals surface area contributed by atoms with E-state index in [2.05, 4.69) is 475 Å². The number of oxazole rings is 1. The second-order valence-electron chi connectivity index (χ2n) is 40.4. The number of benzene rings is 19. The fraction of sp³-hybridized carbons (Fsp3) is 0.0923. The number of hydrogen-bond acceptors (Lipinski definition) is 5.